The number of carboxylic acids is 1. The molecule has 172 valence electrons. The molecule has 3 N–H and O–H groups in total. The highest BCUT2D eigenvalue weighted by molar-refractivity contribution is 7.80. The molecule has 2 heterocycles. The number of aromatic amines is 1. The van der Waals surface area contributed by atoms with Gasteiger partial charge in [-0.25, -0.2) is 4.68 Å². The third-order valence-corrected chi connectivity index (χ3v) is 6.22. The maximum Gasteiger partial charge on any atom is 0.306 e. The van der Waals surface area contributed by atoms with Crippen molar-refractivity contribution in [3.05, 3.63) is 51.4 Å². The van der Waals surface area contributed by atoms with Crippen LogP contribution in [0.1, 0.15) is 57.4 Å². The minimum atomic E-state index is -0.760. The molecule has 1 saturated heterocycles. The molecule has 0 spiro atoms. The number of likely N-dealkylation sites (tertiary alicyclic amines) is 1. The van der Waals surface area contributed by atoms with E-state index in [1.165, 1.54) is 10.2 Å². The predicted octanol–water partition coefficient (Wildman–Crippen LogP) is 3.17. The third-order valence-electron chi connectivity index (χ3n) is 5.88. The Labute approximate surface area is 193 Å². The number of piperidine rings is 1. The molecule has 1 aliphatic heterocycles. The first kappa shape index (κ1) is 23.7. The number of carboxylic acid groups (broad SMARTS) is 1. The van der Waals surface area contributed by atoms with Crippen LogP contribution in [-0.2, 0) is 10.2 Å². The maximum atomic E-state index is 13.1. The molecule has 9 heteroatoms. The minimum absolute atomic E-state index is 0.0382. The van der Waals surface area contributed by atoms with Gasteiger partial charge in [-0.15, -0.1) is 0 Å². The van der Waals surface area contributed by atoms with E-state index in [-0.39, 0.29) is 16.9 Å². The van der Waals surface area contributed by atoms with Crippen LogP contribution in [0.4, 0.5) is 0 Å². The Bertz CT molecular complexity index is 1080. The fourth-order valence-corrected chi connectivity index (χ4v) is 4.08. The van der Waals surface area contributed by atoms with Gasteiger partial charge in [-0.1, -0.05) is 32.9 Å². The average molecular weight is 458 g/mol. The minimum Gasteiger partial charge on any atom is -0.481 e. The van der Waals surface area contributed by atoms with E-state index in [0.29, 0.717) is 48.0 Å². The molecule has 0 aliphatic carbocycles. The lowest BCUT2D eigenvalue weighted by molar-refractivity contribution is -0.143. The van der Waals surface area contributed by atoms with Gasteiger partial charge < -0.3 is 10.0 Å². The van der Waals surface area contributed by atoms with E-state index >= 15 is 0 Å². The van der Waals surface area contributed by atoms with Crippen LogP contribution in [0.5, 0.6) is 0 Å². The van der Waals surface area contributed by atoms with Crippen molar-refractivity contribution in [1.29, 1.82) is 0 Å². The van der Waals surface area contributed by atoms with Gasteiger partial charge in [0, 0.05) is 18.8 Å². The number of benzene rings is 1. The number of aliphatic carboxylic acids is 1. The number of hydrazone groups is 1. The zero-order valence-corrected chi connectivity index (χ0v) is 20.0. The summed E-state index contributed by atoms with van der Waals surface area (Å²) in [4.78, 5) is 26.1. The van der Waals surface area contributed by atoms with Gasteiger partial charge in [-0.05, 0) is 62.0 Å². The SMILES string of the molecule is C/C(=N/NC(=S)N1CCC(C(=O)O)CC1)c1c(C)[nH]n(-c2ccc(C(C)(C)C)cc2)c1=O. The molecular formula is C23H31N5O3S. The molecule has 0 radical (unpaired) electrons. The Morgan fingerprint density at radius 1 is 1.22 bits per heavy atom. The van der Waals surface area contributed by atoms with Crippen LogP contribution >= 0.6 is 12.2 Å². The zero-order valence-electron chi connectivity index (χ0n) is 19.2. The highest BCUT2D eigenvalue weighted by Gasteiger charge is 2.25. The van der Waals surface area contributed by atoms with Gasteiger partial charge in [-0.2, -0.15) is 5.10 Å². The molecule has 0 unspecified atom stereocenters. The van der Waals surface area contributed by atoms with Gasteiger partial charge in [-0.3, -0.25) is 20.1 Å². The molecule has 1 aromatic heterocycles. The number of carbonyl (C=O) groups is 1. The van der Waals surface area contributed by atoms with Gasteiger partial charge in [0.2, 0.25) is 0 Å². The van der Waals surface area contributed by atoms with Crippen molar-refractivity contribution in [1.82, 2.24) is 20.1 Å². The van der Waals surface area contributed by atoms with Crippen molar-refractivity contribution in [3.63, 3.8) is 0 Å². The first-order valence-corrected chi connectivity index (χ1v) is 11.1. The summed E-state index contributed by atoms with van der Waals surface area (Å²) in [7, 11) is 0. The van der Waals surface area contributed by atoms with Crippen LogP contribution in [0, 0.1) is 12.8 Å². The Morgan fingerprint density at radius 2 is 1.81 bits per heavy atom. The second-order valence-corrected chi connectivity index (χ2v) is 9.65. The van der Waals surface area contributed by atoms with Gasteiger partial charge in [0.05, 0.1) is 22.9 Å². The number of thiocarbonyl (C=S) groups is 1. The molecular weight excluding hydrogens is 426 g/mol. The van der Waals surface area contributed by atoms with Crippen LogP contribution < -0.4 is 11.0 Å². The lowest BCUT2D eigenvalue weighted by atomic mass is 9.87. The normalized spacial score (nSPS) is 15.7. The summed E-state index contributed by atoms with van der Waals surface area (Å²) in [5.41, 5.74) is 6.40. The van der Waals surface area contributed by atoms with E-state index in [0.717, 1.165) is 5.69 Å². The van der Waals surface area contributed by atoms with Crippen molar-refractivity contribution in [3.8, 4) is 5.69 Å². The molecule has 1 aromatic carbocycles. The molecule has 2 aromatic rings. The molecule has 0 amide bonds. The van der Waals surface area contributed by atoms with Gasteiger partial charge in [0.25, 0.3) is 5.56 Å². The zero-order chi connectivity index (χ0) is 23.6. The Hall–Kier alpha value is -2.94. The van der Waals surface area contributed by atoms with Gasteiger partial charge in [0.15, 0.2) is 5.11 Å². The van der Waals surface area contributed by atoms with Crippen LogP contribution in [0.15, 0.2) is 34.2 Å². The second kappa shape index (κ2) is 9.28. The number of hydrogen-bond donors (Lipinski definition) is 3. The van der Waals surface area contributed by atoms with Crippen molar-refractivity contribution in [2.75, 3.05) is 13.1 Å². The predicted molar refractivity (Wildman–Crippen MR) is 130 cm³/mol. The van der Waals surface area contributed by atoms with Crippen LogP contribution in [0.25, 0.3) is 5.69 Å². The summed E-state index contributed by atoms with van der Waals surface area (Å²) < 4.78 is 1.52. The maximum absolute atomic E-state index is 13.1. The number of hydrogen-bond acceptors (Lipinski definition) is 4. The summed E-state index contributed by atoms with van der Waals surface area (Å²) in [6.07, 6.45) is 1.10. The molecule has 8 nitrogen and oxygen atoms in total. The van der Waals surface area contributed by atoms with Gasteiger partial charge in [0.1, 0.15) is 0 Å². The molecule has 0 bridgehead atoms. The van der Waals surface area contributed by atoms with E-state index in [1.807, 2.05) is 36.1 Å². The molecule has 1 fully saturated rings. The molecule has 3 rings (SSSR count). The number of nitrogens with zero attached hydrogens (tertiary/aromatic N) is 3. The van der Waals surface area contributed by atoms with E-state index in [2.05, 4.69) is 36.4 Å². The lowest BCUT2D eigenvalue weighted by Crippen LogP contribution is -2.44. The standard InChI is InChI=1S/C23H31N5O3S/c1-14(24-25-22(32)27-12-10-16(11-13-27)21(30)31)19-15(2)26-28(20(19)29)18-8-6-17(7-9-18)23(3,4)5/h6-9,16,26H,10-13H2,1-5H3,(H,25,32)(H,30,31)/b24-14-. The highest BCUT2D eigenvalue weighted by Crippen LogP contribution is 2.23. The van der Waals surface area contributed by atoms with Crippen molar-refractivity contribution in [2.45, 2.75) is 52.9 Å². The smallest absolute Gasteiger partial charge is 0.306 e. The summed E-state index contributed by atoms with van der Waals surface area (Å²) in [5, 5.41) is 17.0. The van der Waals surface area contributed by atoms with E-state index in [1.54, 1.807) is 6.92 Å². The first-order chi connectivity index (χ1) is 15.0. The first-order valence-electron chi connectivity index (χ1n) is 10.7. The Morgan fingerprint density at radius 3 is 2.34 bits per heavy atom. The molecule has 32 heavy (non-hydrogen) atoms. The average Bonchev–Trinajstić information content (AvgIpc) is 3.05. The quantitative estimate of drug-likeness (QED) is 0.370. The Balaban J connectivity index is 1.74. The summed E-state index contributed by atoms with van der Waals surface area (Å²) in [5.74, 6) is -1.08. The van der Waals surface area contributed by atoms with Crippen molar-refractivity contribution in [2.24, 2.45) is 11.0 Å². The molecule has 1 aliphatic rings. The number of rotatable bonds is 4. The highest BCUT2D eigenvalue weighted by atomic mass is 32.1. The van der Waals surface area contributed by atoms with Crippen molar-refractivity contribution >= 4 is 29.0 Å². The van der Waals surface area contributed by atoms with E-state index in [9.17, 15) is 9.59 Å². The lowest BCUT2D eigenvalue weighted by Gasteiger charge is -2.31. The fourth-order valence-electron chi connectivity index (χ4n) is 3.85. The summed E-state index contributed by atoms with van der Waals surface area (Å²) >= 11 is 5.41. The molecule has 0 atom stereocenters. The van der Waals surface area contributed by atoms with E-state index in [4.69, 9.17) is 17.3 Å². The number of H-pyrrole nitrogens is 1. The van der Waals surface area contributed by atoms with Crippen LogP contribution in [0.2, 0.25) is 0 Å². The fraction of sp³-hybridized carbons (Fsp3) is 0.478. The van der Waals surface area contributed by atoms with Gasteiger partial charge >= 0.3 is 5.97 Å². The van der Waals surface area contributed by atoms with Crippen molar-refractivity contribution < 1.29 is 9.90 Å². The topological polar surface area (TPSA) is 103 Å². The largest absolute Gasteiger partial charge is 0.481 e. The summed E-state index contributed by atoms with van der Waals surface area (Å²) in [6.45, 7) is 11.2. The van der Waals surface area contributed by atoms with Crippen LogP contribution in [0.3, 0.4) is 0 Å². The molecule has 0 saturated carbocycles. The Kier molecular flexibility index (Phi) is 6.88. The monoisotopic (exact) mass is 457 g/mol. The number of aryl methyl sites for hydroxylation is 1. The van der Waals surface area contributed by atoms with Crippen LogP contribution in [-0.4, -0.2) is 49.7 Å². The second-order valence-electron chi connectivity index (χ2n) is 9.26. The number of nitrogens with one attached hydrogen (secondary N) is 2. The number of aromatic nitrogens is 2. The van der Waals surface area contributed by atoms with E-state index < -0.39 is 5.97 Å². The third kappa shape index (κ3) is 5.09. The summed E-state index contributed by atoms with van der Waals surface area (Å²) in [6, 6.07) is 7.93.